The molecule has 33 heavy (non-hydrogen) atoms. The number of nitrogens with zero attached hydrogens (tertiary/aromatic N) is 3. The molecule has 0 unspecified atom stereocenters. The second kappa shape index (κ2) is 9.51. The highest BCUT2D eigenvalue weighted by Crippen LogP contribution is 2.42. The number of hydrogen-bond donors (Lipinski definition) is 0. The first-order valence-corrected chi connectivity index (χ1v) is 12.9. The smallest absolute Gasteiger partial charge is 0.227 e. The Morgan fingerprint density at radius 1 is 1.00 bits per heavy atom. The number of carbonyl (C=O) groups is 1. The van der Waals surface area contributed by atoms with Crippen molar-refractivity contribution in [1.82, 2.24) is 14.9 Å². The lowest BCUT2D eigenvalue weighted by Crippen LogP contribution is -2.37. The molecule has 0 atom stereocenters. The van der Waals surface area contributed by atoms with Gasteiger partial charge in [-0.25, -0.2) is 0 Å². The predicted octanol–water partition coefficient (Wildman–Crippen LogP) is 6.08. The van der Waals surface area contributed by atoms with E-state index in [2.05, 4.69) is 62.0 Å². The van der Waals surface area contributed by atoms with E-state index >= 15 is 0 Å². The first kappa shape index (κ1) is 22.5. The van der Waals surface area contributed by atoms with E-state index in [0.717, 1.165) is 59.0 Å². The molecule has 4 nitrogen and oxygen atoms in total. The quantitative estimate of drug-likeness (QED) is 0.378. The molecule has 168 valence electrons. The molecule has 0 spiro atoms. The number of aryl methyl sites for hydroxylation is 3. The van der Waals surface area contributed by atoms with Gasteiger partial charge in [-0.15, -0.1) is 0 Å². The van der Waals surface area contributed by atoms with Crippen molar-refractivity contribution in [3.8, 4) is 0 Å². The Kier molecular flexibility index (Phi) is 6.48. The molecule has 1 amide bonds. The highest BCUT2D eigenvalue weighted by atomic mass is 79.9. The predicted molar refractivity (Wildman–Crippen MR) is 138 cm³/mol. The molecule has 1 aliphatic heterocycles. The van der Waals surface area contributed by atoms with E-state index in [4.69, 9.17) is 4.98 Å². The Balaban J connectivity index is 1.49. The summed E-state index contributed by atoms with van der Waals surface area (Å²) in [4.78, 5) is 23.8. The van der Waals surface area contributed by atoms with Crippen LogP contribution >= 0.6 is 31.9 Å². The van der Waals surface area contributed by atoms with Crippen molar-refractivity contribution in [2.45, 2.75) is 39.0 Å². The molecule has 0 bridgehead atoms. The molecule has 3 heterocycles. The third kappa shape index (κ3) is 4.69. The number of hydrogen-bond acceptors (Lipinski definition) is 3. The molecular formula is C27H25Br2N3O. The molecule has 1 aromatic carbocycles. The number of fused-ring (bicyclic) bond motifs is 2. The van der Waals surface area contributed by atoms with Crippen molar-refractivity contribution in [3.63, 3.8) is 0 Å². The summed E-state index contributed by atoms with van der Waals surface area (Å²) in [6.45, 7) is 3.64. The fourth-order valence-corrected chi connectivity index (χ4v) is 6.18. The van der Waals surface area contributed by atoms with E-state index in [-0.39, 0.29) is 5.91 Å². The maximum Gasteiger partial charge on any atom is 0.227 e. The number of piperidine rings is 1. The van der Waals surface area contributed by atoms with Crippen LogP contribution in [0.2, 0.25) is 0 Å². The minimum atomic E-state index is 0.186. The van der Waals surface area contributed by atoms with Gasteiger partial charge in [0.15, 0.2) is 0 Å². The summed E-state index contributed by atoms with van der Waals surface area (Å²) in [5, 5.41) is 0. The molecule has 2 aromatic heterocycles. The number of carbonyl (C=O) groups excluding carboxylic acids is 1. The van der Waals surface area contributed by atoms with E-state index in [9.17, 15) is 4.79 Å². The number of benzene rings is 1. The number of rotatable bonds is 2. The third-order valence-electron chi connectivity index (χ3n) is 6.58. The average Bonchev–Trinajstić information content (AvgIpc) is 2.96. The molecule has 1 saturated heterocycles. The third-order valence-corrected chi connectivity index (χ3v) is 7.64. The van der Waals surface area contributed by atoms with Gasteiger partial charge in [0.2, 0.25) is 5.91 Å². The molecule has 2 aliphatic rings. The van der Waals surface area contributed by atoms with Gasteiger partial charge in [0, 0.05) is 51.8 Å². The summed E-state index contributed by atoms with van der Waals surface area (Å²) in [6, 6.07) is 10.6. The topological polar surface area (TPSA) is 46.1 Å². The number of likely N-dealkylation sites (tertiary alicyclic amines) is 1. The molecule has 6 heteroatoms. The minimum absolute atomic E-state index is 0.186. The van der Waals surface area contributed by atoms with Crippen LogP contribution in [0.3, 0.4) is 0 Å². The number of pyridine rings is 2. The number of amides is 1. The van der Waals surface area contributed by atoms with Gasteiger partial charge >= 0.3 is 0 Å². The van der Waals surface area contributed by atoms with Crippen molar-refractivity contribution >= 4 is 43.3 Å². The molecule has 0 N–H and O–H groups in total. The first-order valence-electron chi connectivity index (χ1n) is 11.3. The van der Waals surface area contributed by atoms with Crippen molar-refractivity contribution < 1.29 is 4.79 Å². The highest BCUT2D eigenvalue weighted by molar-refractivity contribution is 9.10. The standard InChI is InChI=1S/C27H25Br2N3O/c1-17-12-20-2-3-21-15-22(28)16-31-27(21)26(25(20)23(29)13-17)19-6-10-32(11-7-19)24(33)14-18-4-8-30-9-5-18/h4-5,8-9,12-13,15-16H,2-3,6-7,10-11,14H2,1H3. The second-order valence-electron chi connectivity index (χ2n) is 8.83. The van der Waals surface area contributed by atoms with E-state index in [1.165, 1.54) is 33.4 Å². The second-order valence-corrected chi connectivity index (χ2v) is 10.6. The van der Waals surface area contributed by atoms with Crippen LogP contribution in [-0.4, -0.2) is 33.9 Å². The Morgan fingerprint density at radius 2 is 1.73 bits per heavy atom. The van der Waals surface area contributed by atoms with Gasteiger partial charge in [-0.2, -0.15) is 0 Å². The minimum Gasteiger partial charge on any atom is -0.342 e. The van der Waals surface area contributed by atoms with Crippen LogP contribution < -0.4 is 0 Å². The molecule has 1 aliphatic carbocycles. The van der Waals surface area contributed by atoms with Gasteiger partial charge in [0.1, 0.15) is 0 Å². The first-order chi connectivity index (χ1) is 16.0. The van der Waals surface area contributed by atoms with Crippen LogP contribution in [0, 0.1) is 6.92 Å². The fraction of sp³-hybridized carbons (Fsp3) is 0.296. The van der Waals surface area contributed by atoms with Crippen LogP contribution in [0.15, 0.2) is 63.4 Å². The SMILES string of the molecule is Cc1cc(Br)c2c(c1)CCc1cc(Br)cnc1C2=C1CCN(C(=O)Cc2ccncc2)CC1. The molecule has 1 fully saturated rings. The van der Waals surface area contributed by atoms with Gasteiger partial charge in [-0.1, -0.05) is 27.6 Å². The van der Waals surface area contributed by atoms with E-state index in [1.54, 1.807) is 12.4 Å². The zero-order valence-corrected chi connectivity index (χ0v) is 21.7. The highest BCUT2D eigenvalue weighted by Gasteiger charge is 2.28. The van der Waals surface area contributed by atoms with Crippen molar-refractivity contribution in [2.24, 2.45) is 0 Å². The lowest BCUT2D eigenvalue weighted by Gasteiger charge is -2.31. The zero-order chi connectivity index (χ0) is 22.9. The van der Waals surface area contributed by atoms with Gasteiger partial charge in [-0.3, -0.25) is 14.8 Å². The lowest BCUT2D eigenvalue weighted by molar-refractivity contribution is -0.130. The Hall–Kier alpha value is -2.31. The van der Waals surface area contributed by atoms with Crippen LogP contribution in [0.5, 0.6) is 0 Å². The molecule has 5 rings (SSSR count). The lowest BCUT2D eigenvalue weighted by atomic mass is 9.88. The maximum absolute atomic E-state index is 12.9. The Bertz CT molecular complexity index is 1240. The van der Waals surface area contributed by atoms with Crippen LogP contribution in [0.4, 0.5) is 0 Å². The number of halogens is 2. The van der Waals surface area contributed by atoms with E-state index < -0.39 is 0 Å². The zero-order valence-electron chi connectivity index (χ0n) is 18.6. The molecular weight excluding hydrogens is 542 g/mol. The molecule has 0 radical (unpaired) electrons. The normalized spacial score (nSPS) is 15.7. The maximum atomic E-state index is 12.9. The Labute approximate surface area is 211 Å². The summed E-state index contributed by atoms with van der Waals surface area (Å²) >= 11 is 7.48. The van der Waals surface area contributed by atoms with Gasteiger partial charge in [0.25, 0.3) is 0 Å². The monoisotopic (exact) mass is 565 g/mol. The van der Waals surface area contributed by atoms with Crippen molar-refractivity contribution in [1.29, 1.82) is 0 Å². The van der Waals surface area contributed by atoms with E-state index in [1.807, 2.05) is 23.2 Å². The fourth-order valence-electron chi connectivity index (χ4n) is 4.98. The van der Waals surface area contributed by atoms with Crippen molar-refractivity contribution in [2.75, 3.05) is 13.1 Å². The molecule has 3 aromatic rings. The van der Waals surface area contributed by atoms with Crippen LogP contribution in [-0.2, 0) is 24.1 Å². The van der Waals surface area contributed by atoms with Crippen LogP contribution in [0.1, 0.15) is 46.4 Å². The van der Waals surface area contributed by atoms with E-state index in [0.29, 0.717) is 6.42 Å². The van der Waals surface area contributed by atoms with Crippen molar-refractivity contribution in [3.05, 3.63) is 97.0 Å². The summed E-state index contributed by atoms with van der Waals surface area (Å²) < 4.78 is 2.15. The largest absolute Gasteiger partial charge is 0.342 e. The Morgan fingerprint density at radius 3 is 2.48 bits per heavy atom. The number of aromatic nitrogens is 2. The summed E-state index contributed by atoms with van der Waals surface area (Å²) in [7, 11) is 0. The summed E-state index contributed by atoms with van der Waals surface area (Å²) in [6.07, 6.45) is 9.52. The van der Waals surface area contributed by atoms with Gasteiger partial charge < -0.3 is 4.90 Å². The average molecular weight is 567 g/mol. The summed E-state index contributed by atoms with van der Waals surface area (Å²) in [5.74, 6) is 0.186. The van der Waals surface area contributed by atoms with Gasteiger partial charge in [0.05, 0.1) is 12.1 Å². The molecule has 0 saturated carbocycles. The summed E-state index contributed by atoms with van der Waals surface area (Å²) in [5.41, 5.74) is 9.96. The van der Waals surface area contributed by atoms with Crippen LogP contribution in [0.25, 0.3) is 5.57 Å². The van der Waals surface area contributed by atoms with Gasteiger partial charge in [-0.05, 0) is 95.1 Å².